The van der Waals surface area contributed by atoms with Gasteiger partial charge in [-0.05, 0) is 21.1 Å². The van der Waals surface area contributed by atoms with Crippen LogP contribution >= 0.6 is 0 Å². The Morgan fingerprint density at radius 2 is 1.83 bits per heavy atom. The third-order valence-electron chi connectivity index (χ3n) is 3.45. The van der Waals surface area contributed by atoms with Gasteiger partial charge >= 0.3 is 96.9 Å². The zero-order valence-corrected chi connectivity index (χ0v) is 13.2. The van der Waals surface area contributed by atoms with Crippen molar-refractivity contribution in [3.05, 3.63) is 41.0 Å². The summed E-state index contributed by atoms with van der Waals surface area (Å²) < 4.78 is 0.825. The summed E-state index contributed by atoms with van der Waals surface area (Å²) in [6.45, 7) is 0. The Balaban J connectivity index is 0.000000267. The Hall–Kier alpha value is -0.366. The molecule has 0 N–H and O–H groups in total. The molecule has 1 unspecified atom stereocenters. The van der Waals surface area contributed by atoms with E-state index in [-0.39, 0.29) is 0 Å². The molecule has 1 nitrogen and oxygen atoms in total. The third kappa shape index (κ3) is 3.14. The molecule has 1 aromatic rings. The zero-order chi connectivity index (χ0) is 13.1. The molecule has 0 spiro atoms. The fourth-order valence-corrected chi connectivity index (χ4v) is 3.49. The molecule has 0 amide bonds. The molecule has 3 rings (SSSR count). The van der Waals surface area contributed by atoms with Gasteiger partial charge in [0.05, 0.1) is 0 Å². The predicted molar refractivity (Wildman–Crippen MR) is 74.3 cm³/mol. The molecular weight excluding hydrogens is 254 g/mol. The number of benzene rings is 1. The molecule has 95 valence electrons. The molecule has 0 fully saturated rings. The van der Waals surface area contributed by atoms with Gasteiger partial charge in [0.2, 0.25) is 0 Å². The molecule has 18 heavy (non-hydrogen) atoms. The van der Waals surface area contributed by atoms with Crippen molar-refractivity contribution in [1.82, 2.24) is 4.90 Å². The topological polar surface area (TPSA) is 3.24 Å². The average Bonchev–Trinajstić information content (AvgIpc) is 2.69. The van der Waals surface area contributed by atoms with Gasteiger partial charge in [-0.25, -0.2) is 0 Å². The Morgan fingerprint density at radius 3 is 2.56 bits per heavy atom. The third-order valence-corrected chi connectivity index (χ3v) is 4.45. The second kappa shape index (κ2) is 6.19. The van der Waals surface area contributed by atoms with Crippen LogP contribution in [0.2, 0.25) is 4.22 Å². The summed E-state index contributed by atoms with van der Waals surface area (Å²) in [6.07, 6.45) is 5.32. The normalized spacial score (nSPS) is 21.2. The second-order valence-electron chi connectivity index (χ2n) is 5.62. The van der Waals surface area contributed by atoms with Gasteiger partial charge in [-0.3, -0.25) is 0 Å². The van der Waals surface area contributed by atoms with Gasteiger partial charge in [0.25, 0.3) is 0 Å². The number of allylic oxidation sites excluding steroid dienone is 2. The van der Waals surface area contributed by atoms with Crippen LogP contribution in [0.3, 0.4) is 0 Å². The van der Waals surface area contributed by atoms with Crippen LogP contribution in [0.1, 0.15) is 30.4 Å². The van der Waals surface area contributed by atoms with Crippen molar-refractivity contribution in [2.75, 3.05) is 21.1 Å². The van der Waals surface area contributed by atoms with Crippen molar-refractivity contribution in [2.24, 2.45) is 0 Å². The molecule has 0 radical (unpaired) electrons. The van der Waals surface area contributed by atoms with Gasteiger partial charge in [-0.2, -0.15) is 0 Å². The summed E-state index contributed by atoms with van der Waals surface area (Å²) >= 11 is 2.39. The molecule has 2 aliphatic carbocycles. The number of hydrogen-bond donors (Lipinski definition) is 0. The minimum absolute atomic E-state index is 0.825. The van der Waals surface area contributed by atoms with E-state index in [0.717, 1.165) is 4.22 Å². The molecule has 0 aromatic heterocycles. The van der Waals surface area contributed by atoms with Crippen molar-refractivity contribution in [1.29, 1.82) is 0 Å². The first-order chi connectivity index (χ1) is 8.59. The second-order valence-corrected chi connectivity index (χ2v) is 6.71. The quantitative estimate of drug-likeness (QED) is 0.653. The summed E-state index contributed by atoms with van der Waals surface area (Å²) in [7, 11) is 6.00. The molecule has 0 saturated heterocycles. The van der Waals surface area contributed by atoms with E-state index in [4.69, 9.17) is 0 Å². The summed E-state index contributed by atoms with van der Waals surface area (Å²) in [6, 6.07) is 8.94. The van der Waals surface area contributed by atoms with Gasteiger partial charge < -0.3 is 4.90 Å². The van der Waals surface area contributed by atoms with Crippen LogP contribution in [-0.4, -0.2) is 26.0 Å². The number of nitrogens with zero attached hydrogens (tertiary/aromatic N) is 1. The summed E-state index contributed by atoms with van der Waals surface area (Å²) in [5.74, 6) is 0. The first-order valence-electron chi connectivity index (χ1n) is 6.72. The molecule has 0 heterocycles. The van der Waals surface area contributed by atoms with Crippen LogP contribution in [0.25, 0.3) is 5.57 Å². The van der Waals surface area contributed by atoms with Gasteiger partial charge in [0.15, 0.2) is 0 Å². The van der Waals surface area contributed by atoms with E-state index < -0.39 is 0 Å². The van der Waals surface area contributed by atoms with Crippen LogP contribution in [0.4, 0.5) is 0 Å². The Labute approximate surface area is 123 Å². The number of fused-ring (bicyclic) bond motifs is 2. The molecule has 2 aliphatic rings. The Kier molecular flexibility index (Phi) is 4.83. The van der Waals surface area contributed by atoms with Gasteiger partial charge in [-0.15, -0.1) is 0 Å². The van der Waals surface area contributed by atoms with E-state index in [2.05, 4.69) is 44.7 Å². The summed E-state index contributed by atoms with van der Waals surface area (Å²) in [5, 5.41) is 0. The van der Waals surface area contributed by atoms with Crippen molar-refractivity contribution >= 4 is 5.57 Å². The van der Waals surface area contributed by atoms with Gasteiger partial charge in [0, 0.05) is 0 Å². The van der Waals surface area contributed by atoms with Gasteiger partial charge in [0.1, 0.15) is 0 Å². The molecular formula is C16H22NTi. The van der Waals surface area contributed by atoms with Crippen molar-refractivity contribution in [3.63, 3.8) is 0 Å². The van der Waals surface area contributed by atoms with E-state index in [9.17, 15) is 0 Å². The first-order valence-corrected chi connectivity index (χ1v) is 7.62. The number of rotatable bonds is 0. The number of hydrogen-bond acceptors (Lipinski definition) is 1. The standard InChI is InChI=1S/C13H13.C3H9N.Ti/c1-3-7-12-10(5-1)9-11-6-2-4-8-13(11)12;1-4(2)3;/h1,3,5-7H,2,4,8-9H2;1-3H3;. The monoisotopic (exact) mass is 276 g/mol. The predicted octanol–water partition coefficient (Wildman–Crippen LogP) is 3.69. The summed E-state index contributed by atoms with van der Waals surface area (Å²) in [5.41, 5.74) is 6.53. The van der Waals surface area contributed by atoms with Crippen LogP contribution in [0, 0.1) is 0 Å². The van der Waals surface area contributed by atoms with Crippen molar-refractivity contribution < 1.29 is 20.4 Å². The molecule has 0 bridgehead atoms. The van der Waals surface area contributed by atoms with E-state index in [0.29, 0.717) is 0 Å². The average molecular weight is 276 g/mol. The molecule has 1 atom stereocenters. The SMILES string of the molecule is CN(C)C.[Ti][CH]1CCCC2=C1Cc1ccccc12. The Bertz CT molecular complexity index is 445. The van der Waals surface area contributed by atoms with Crippen LogP contribution in [-0.2, 0) is 26.9 Å². The van der Waals surface area contributed by atoms with Crippen molar-refractivity contribution in [2.45, 2.75) is 29.9 Å². The first kappa shape index (κ1) is 14.1. The zero-order valence-electron chi connectivity index (χ0n) is 11.7. The van der Waals surface area contributed by atoms with Crippen LogP contribution < -0.4 is 0 Å². The Morgan fingerprint density at radius 1 is 1.17 bits per heavy atom. The molecule has 2 heteroatoms. The maximum atomic E-state index is 2.39. The van der Waals surface area contributed by atoms with Crippen LogP contribution in [0.5, 0.6) is 0 Å². The van der Waals surface area contributed by atoms with E-state index in [1.165, 1.54) is 25.7 Å². The fourth-order valence-electron chi connectivity index (χ4n) is 2.74. The molecule has 0 saturated carbocycles. The van der Waals surface area contributed by atoms with E-state index in [1.54, 1.807) is 22.3 Å². The summed E-state index contributed by atoms with van der Waals surface area (Å²) in [4.78, 5) is 2.00. The maximum absolute atomic E-state index is 2.39. The fraction of sp³-hybridized carbons (Fsp3) is 0.500. The van der Waals surface area contributed by atoms with Crippen LogP contribution in [0.15, 0.2) is 29.8 Å². The molecule has 0 aliphatic heterocycles. The molecule has 1 aromatic carbocycles. The van der Waals surface area contributed by atoms with E-state index in [1.807, 2.05) is 26.0 Å². The minimum atomic E-state index is 0.825. The van der Waals surface area contributed by atoms with Gasteiger partial charge in [-0.1, -0.05) is 0 Å². The van der Waals surface area contributed by atoms with E-state index >= 15 is 0 Å². The van der Waals surface area contributed by atoms with Crippen molar-refractivity contribution in [3.8, 4) is 0 Å².